The summed E-state index contributed by atoms with van der Waals surface area (Å²) in [6.45, 7) is 10.0. The van der Waals surface area contributed by atoms with E-state index in [1.54, 1.807) is 12.1 Å². The Hall–Kier alpha value is -6.59. The average Bonchev–Trinajstić information content (AvgIpc) is 3.72. The first-order valence-electron chi connectivity index (χ1n) is 21.6. The van der Waals surface area contributed by atoms with Crippen molar-refractivity contribution in [1.29, 1.82) is 0 Å². The van der Waals surface area contributed by atoms with Gasteiger partial charge in [0.2, 0.25) is 5.82 Å². The molecule has 63 heavy (non-hydrogen) atoms. The first kappa shape index (κ1) is 41.7. The molecule has 17 nitrogen and oxygen atoms in total. The third kappa shape index (κ3) is 8.13. The number of ether oxygens (including phenoxy) is 2. The van der Waals surface area contributed by atoms with Gasteiger partial charge in [0.1, 0.15) is 28.8 Å². The minimum atomic E-state index is -0.902. The number of aryl methyl sites for hydroxylation is 5. The highest BCUT2D eigenvalue weighted by Gasteiger charge is 2.45. The van der Waals surface area contributed by atoms with Crippen molar-refractivity contribution in [3.63, 3.8) is 0 Å². The van der Waals surface area contributed by atoms with E-state index in [4.69, 9.17) is 29.1 Å². The Morgan fingerprint density at radius 3 is 2.49 bits per heavy atom. The lowest BCUT2D eigenvalue weighted by molar-refractivity contribution is -0.132. The van der Waals surface area contributed by atoms with Crippen LogP contribution in [0.2, 0.25) is 0 Å². The van der Waals surface area contributed by atoms with Gasteiger partial charge in [0.25, 0.3) is 17.7 Å². The monoisotopic (exact) mass is 855 g/mol. The van der Waals surface area contributed by atoms with Gasteiger partial charge in [-0.15, -0.1) is 0 Å². The second-order valence-corrected chi connectivity index (χ2v) is 16.5. The number of imide groups is 1. The molecule has 0 saturated heterocycles. The number of aromatic nitrogens is 6. The van der Waals surface area contributed by atoms with Gasteiger partial charge >= 0.3 is 0 Å². The smallest absolute Gasteiger partial charge is 0.289 e. The number of carbonyl (C=O) groups excluding carboxylic acids is 5. The van der Waals surface area contributed by atoms with Crippen LogP contribution in [0.3, 0.4) is 0 Å². The molecule has 2 aliphatic carbocycles. The largest absolute Gasteiger partial charge is 0.379 e. The van der Waals surface area contributed by atoms with Gasteiger partial charge in [-0.3, -0.25) is 28.9 Å². The molecule has 4 aromatic heterocycles. The molecule has 0 spiro atoms. The molecule has 326 valence electrons. The van der Waals surface area contributed by atoms with E-state index in [0.717, 1.165) is 73.7 Å². The Morgan fingerprint density at radius 2 is 1.75 bits per heavy atom. The molecule has 2 saturated carbocycles. The average molecular weight is 856 g/mol. The van der Waals surface area contributed by atoms with Crippen molar-refractivity contribution in [3.8, 4) is 11.1 Å². The van der Waals surface area contributed by atoms with E-state index in [0.29, 0.717) is 67.7 Å². The number of benzene rings is 2. The predicted molar refractivity (Wildman–Crippen MR) is 231 cm³/mol. The first-order valence-corrected chi connectivity index (χ1v) is 21.6. The van der Waals surface area contributed by atoms with E-state index >= 15 is 0 Å². The van der Waals surface area contributed by atoms with Gasteiger partial charge in [0.15, 0.2) is 5.78 Å². The van der Waals surface area contributed by atoms with Crippen LogP contribution in [0, 0.1) is 20.8 Å². The summed E-state index contributed by atoms with van der Waals surface area (Å²) in [5.41, 5.74) is 7.46. The molecule has 0 bridgehead atoms. The Bertz CT molecular complexity index is 2800. The number of H-pyrrole nitrogens is 1. The van der Waals surface area contributed by atoms with E-state index in [-0.39, 0.29) is 49.6 Å². The van der Waals surface area contributed by atoms with Crippen molar-refractivity contribution in [1.82, 2.24) is 40.1 Å². The second kappa shape index (κ2) is 17.3. The normalized spacial score (nSPS) is 16.5. The van der Waals surface area contributed by atoms with Crippen LogP contribution in [0.5, 0.6) is 0 Å². The Balaban J connectivity index is 0.803. The molecular formula is C46H49N9O8. The molecule has 1 atom stereocenters. The van der Waals surface area contributed by atoms with Crippen LogP contribution in [-0.2, 0) is 32.0 Å². The van der Waals surface area contributed by atoms with Gasteiger partial charge in [-0.2, -0.15) is 5.10 Å². The number of fused-ring (bicyclic) bond motifs is 4. The Morgan fingerprint density at radius 1 is 0.937 bits per heavy atom. The molecule has 6 aromatic rings. The lowest BCUT2D eigenvalue weighted by atomic mass is 9.92. The molecular weight excluding hydrogens is 807 g/mol. The number of amides is 3. The fourth-order valence-electron chi connectivity index (χ4n) is 8.76. The van der Waals surface area contributed by atoms with Gasteiger partial charge in [-0.05, 0) is 94.7 Å². The number of nitrogens with one attached hydrogen (secondary N) is 3. The second-order valence-electron chi connectivity index (χ2n) is 16.5. The molecule has 3 amide bonds. The standard InChI is InChI=1S/C46H49N9O8/c1-5-54-37(23-33(52-54)27-11-12-27)49-42-40-32-20-24(2)31(38-25(3)53-63-26(38)4)22-34(32)48-41(40)50-43(51-42)44(58)47-15-17-62-19-18-61-16-7-9-28-8-6-10-30-39(28)46(60)55(45(30)59)35-14-13-29(56)21-36(35)57/h6,8,10,20,22-23,27,35H,5,7,9,11-19,21H2,1-4H3,(H,47,58)(H2,48,49,50,51). The summed E-state index contributed by atoms with van der Waals surface area (Å²) in [5.74, 6) is 0.477. The van der Waals surface area contributed by atoms with Gasteiger partial charge in [0.05, 0.1) is 60.2 Å². The maximum atomic E-state index is 13.6. The molecule has 17 heteroatoms. The molecule has 1 aliphatic heterocycles. The molecule has 2 fully saturated rings. The van der Waals surface area contributed by atoms with Crippen molar-refractivity contribution in [3.05, 3.63) is 81.6 Å². The summed E-state index contributed by atoms with van der Waals surface area (Å²) < 4.78 is 18.9. The Labute approximate surface area is 362 Å². The SMILES string of the molecule is CCn1nc(C2CC2)cc1Nc1nc(C(=O)NCCOCCOCCCc2cccc3c2C(=O)N(C2CCC(=O)CC2=O)C3=O)nc2[nH]c3cc(-c4c(C)noc4C)c(C)cc3c12. The number of aromatic amines is 1. The number of Topliss-reactive ketones (excluding diaryl/α,β-unsaturated/α-hetero) is 2. The highest BCUT2D eigenvalue weighted by molar-refractivity contribution is 6.24. The van der Waals surface area contributed by atoms with E-state index in [9.17, 15) is 24.0 Å². The van der Waals surface area contributed by atoms with Gasteiger partial charge in [0, 0.05) is 54.6 Å². The molecule has 9 rings (SSSR count). The van der Waals surface area contributed by atoms with Crippen LogP contribution in [0.4, 0.5) is 11.6 Å². The zero-order chi connectivity index (χ0) is 43.9. The molecule has 0 radical (unpaired) electrons. The topological polar surface area (TPSA) is 217 Å². The number of carbonyl (C=O) groups is 5. The van der Waals surface area contributed by atoms with E-state index in [1.165, 1.54) is 0 Å². The molecule has 1 unspecified atom stereocenters. The summed E-state index contributed by atoms with van der Waals surface area (Å²) in [4.78, 5) is 78.4. The highest BCUT2D eigenvalue weighted by atomic mass is 16.5. The molecule has 2 aromatic carbocycles. The summed E-state index contributed by atoms with van der Waals surface area (Å²) in [5, 5.41) is 17.0. The van der Waals surface area contributed by atoms with Crippen LogP contribution in [0.15, 0.2) is 40.9 Å². The van der Waals surface area contributed by atoms with E-state index < -0.39 is 29.5 Å². The lowest BCUT2D eigenvalue weighted by Gasteiger charge is -2.27. The minimum Gasteiger partial charge on any atom is -0.379 e. The van der Waals surface area contributed by atoms with Crippen molar-refractivity contribution in [2.24, 2.45) is 0 Å². The number of anilines is 2. The zero-order valence-electron chi connectivity index (χ0n) is 35.8. The van der Waals surface area contributed by atoms with Crippen LogP contribution in [-0.4, -0.2) is 103 Å². The van der Waals surface area contributed by atoms with Gasteiger partial charge in [-0.25, -0.2) is 14.6 Å². The van der Waals surface area contributed by atoms with Crippen LogP contribution in [0.25, 0.3) is 33.1 Å². The van der Waals surface area contributed by atoms with E-state index in [2.05, 4.69) is 39.0 Å². The number of nitrogens with zero attached hydrogens (tertiary/aromatic N) is 6. The fourth-order valence-corrected chi connectivity index (χ4v) is 8.76. The maximum Gasteiger partial charge on any atom is 0.289 e. The maximum absolute atomic E-state index is 13.6. The fraction of sp³-hybridized carbons (Fsp3) is 0.413. The van der Waals surface area contributed by atoms with Gasteiger partial charge < -0.3 is 29.6 Å². The highest BCUT2D eigenvalue weighted by Crippen LogP contribution is 2.41. The van der Waals surface area contributed by atoms with Crippen molar-refractivity contribution >= 4 is 62.9 Å². The first-order chi connectivity index (χ1) is 30.5. The number of rotatable bonds is 17. The summed E-state index contributed by atoms with van der Waals surface area (Å²) in [7, 11) is 0. The third-order valence-corrected chi connectivity index (χ3v) is 12.1. The zero-order valence-corrected chi connectivity index (χ0v) is 35.8. The number of hydrogen-bond acceptors (Lipinski definition) is 13. The lowest BCUT2D eigenvalue weighted by Crippen LogP contribution is -2.47. The Kier molecular flexibility index (Phi) is 11.5. The number of ketones is 2. The van der Waals surface area contributed by atoms with Crippen LogP contribution in [0.1, 0.15) is 111 Å². The van der Waals surface area contributed by atoms with Gasteiger partial charge in [-0.1, -0.05) is 17.3 Å². The van der Waals surface area contributed by atoms with Crippen molar-refractivity contribution in [2.45, 2.75) is 91.1 Å². The van der Waals surface area contributed by atoms with Crippen molar-refractivity contribution < 1.29 is 38.0 Å². The summed E-state index contributed by atoms with van der Waals surface area (Å²) in [6, 6.07) is 10.5. The van der Waals surface area contributed by atoms with Crippen LogP contribution >= 0.6 is 0 Å². The third-order valence-electron chi connectivity index (χ3n) is 12.1. The van der Waals surface area contributed by atoms with Crippen LogP contribution < -0.4 is 10.6 Å². The molecule has 3 aliphatic rings. The quantitative estimate of drug-likeness (QED) is 0.0529. The molecule has 3 N–H and O–H groups in total. The van der Waals surface area contributed by atoms with Crippen molar-refractivity contribution in [2.75, 3.05) is 38.3 Å². The minimum absolute atomic E-state index is 0.00524. The van der Waals surface area contributed by atoms with E-state index in [1.807, 2.05) is 38.4 Å². The summed E-state index contributed by atoms with van der Waals surface area (Å²) in [6.07, 6.45) is 3.42. The predicted octanol–water partition coefficient (Wildman–Crippen LogP) is 6.21. The summed E-state index contributed by atoms with van der Waals surface area (Å²) >= 11 is 0. The molecule has 5 heterocycles. The number of hydrogen-bond donors (Lipinski definition) is 3.